The van der Waals surface area contributed by atoms with Crippen molar-refractivity contribution in [1.82, 2.24) is 4.90 Å². The molecule has 0 aliphatic carbocycles. The van der Waals surface area contributed by atoms with Crippen LogP contribution in [0.15, 0.2) is 24.3 Å². The number of rotatable bonds is 7. The Hall–Kier alpha value is -1.00. The summed E-state index contributed by atoms with van der Waals surface area (Å²) in [6.07, 6.45) is 10.7. The number of unbranched alkanes of at least 4 members (excludes halogenated alkanes) is 2. The lowest BCUT2D eigenvalue weighted by Crippen LogP contribution is -2.52. The van der Waals surface area contributed by atoms with Crippen molar-refractivity contribution in [2.75, 3.05) is 19.1 Å². The molecule has 1 rings (SSSR count). The second-order valence-electron chi connectivity index (χ2n) is 6.49. The van der Waals surface area contributed by atoms with Gasteiger partial charge in [0, 0.05) is 5.88 Å². The number of nitrogens with zero attached hydrogens (tertiary/aromatic N) is 1. The Labute approximate surface area is 139 Å². The van der Waals surface area contributed by atoms with Crippen LogP contribution in [0.25, 0.3) is 0 Å². The van der Waals surface area contributed by atoms with Crippen LogP contribution in [-0.4, -0.2) is 41.4 Å². The van der Waals surface area contributed by atoms with Gasteiger partial charge in [0.25, 0.3) is 0 Å². The average molecular weight is 330 g/mol. The minimum absolute atomic E-state index is 0.291. The fourth-order valence-corrected chi connectivity index (χ4v) is 2.71. The van der Waals surface area contributed by atoms with Gasteiger partial charge < -0.3 is 9.47 Å². The van der Waals surface area contributed by atoms with Gasteiger partial charge in [-0.2, -0.15) is 0 Å². The molecule has 4 nitrogen and oxygen atoms in total. The zero-order valence-corrected chi connectivity index (χ0v) is 14.9. The number of hydrogen-bond donors (Lipinski definition) is 0. The molecule has 1 heterocycles. The number of carbonyl (C=O) groups is 1. The Balaban J connectivity index is 2.30. The van der Waals surface area contributed by atoms with Crippen LogP contribution in [0.2, 0.25) is 0 Å². The van der Waals surface area contributed by atoms with E-state index in [1.54, 1.807) is 4.90 Å². The molecule has 126 valence electrons. The molecular formula is C17H28ClNO3. The van der Waals surface area contributed by atoms with Gasteiger partial charge in [-0.3, -0.25) is 4.90 Å². The third-order valence-electron chi connectivity index (χ3n) is 3.57. The molecule has 1 amide bonds. The predicted molar refractivity (Wildman–Crippen MR) is 90.1 cm³/mol. The Morgan fingerprint density at radius 3 is 2.36 bits per heavy atom. The van der Waals surface area contributed by atoms with Crippen molar-refractivity contribution in [2.45, 2.75) is 58.2 Å². The van der Waals surface area contributed by atoms with E-state index in [1.807, 2.05) is 45.9 Å². The largest absolute Gasteiger partial charge is 0.445 e. The molecule has 0 aromatic carbocycles. The van der Waals surface area contributed by atoms with E-state index < -0.39 is 5.72 Å². The number of ether oxygens (including phenoxy) is 2. The summed E-state index contributed by atoms with van der Waals surface area (Å²) in [5, 5.41) is 0. The first-order valence-corrected chi connectivity index (χ1v) is 8.32. The molecule has 0 unspecified atom stereocenters. The van der Waals surface area contributed by atoms with Crippen molar-refractivity contribution in [3.8, 4) is 0 Å². The molecule has 1 aliphatic rings. The minimum atomic E-state index is -0.626. The first kappa shape index (κ1) is 19.0. The van der Waals surface area contributed by atoms with Gasteiger partial charge in [0.15, 0.2) is 0 Å². The summed E-state index contributed by atoms with van der Waals surface area (Å²) in [4.78, 5) is 13.9. The number of hydrogen-bond acceptors (Lipinski definition) is 3. The molecule has 0 spiro atoms. The summed E-state index contributed by atoms with van der Waals surface area (Å²) in [7, 11) is 0. The Bertz CT molecular complexity index is 400. The van der Waals surface area contributed by atoms with Crippen molar-refractivity contribution < 1.29 is 14.3 Å². The molecule has 0 bridgehead atoms. The lowest BCUT2D eigenvalue weighted by Gasteiger charge is -2.36. The summed E-state index contributed by atoms with van der Waals surface area (Å²) >= 11 is 5.54. The van der Waals surface area contributed by atoms with Crippen molar-refractivity contribution in [1.29, 1.82) is 0 Å². The first-order chi connectivity index (χ1) is 10.3. The van der Waals surface area contributed by atoms with E-state index in [-0.39, 0.29) is 11.6 Å². The molecule has 0 N–H and O–H groups in total. The van der Waals surface area contributed by atoms with Gasteiger partial charge in [0.05, 0.1) is 12.1 Å². The van der Waals surface area contributed by atoms with Crippen LogP contribution in [-0.2, 0) is 9.47 Å². The maximum Gasteiger partial charge on any atom is 0.412 e. The van der Waals surface area contributed by atoms with E-state index in [4.69, 9.17) is 21.1 Å². The first-order valence-electron chi connectivity index (χ1n) is 7.78. The Kier molecular flexibility index (Phi) is 7.43. The van der Waals surface area contributed by atoms with Gasteiger partial charge >= 0.3 is 6.09 Å². The lowest BCUT2D eigenvalue weighted by molar-refractivity contribution is -0.0503. The van der Waals surface area contributed by atoms with Gasteiger partial charge in [-0.15, -0.1) is 11.6 Å². The highest BCUT2D eigenvalue weighted by molar-refractivity contribution is 6.18. The predicted octanol–water partition coefficient (Wildman–Crippen LogP) is 4.49. The van der Waals surface area contributed by atoms with E-state index in [9.17, 15) is 4.79 Å². The van der Waals surface area contributed by atoms with Gasteiger partial charge in [0.1, 0.15) is 12.3 Å². The molecule has 0 radical (unpaired) electrons. The standard InChI is InChI=1S/C17H28ClNO3/c1-16(2)14-22-17(3,4)19(16)15(20)21-13-11-9-7-5-6-8-10-12-18/h8-11H,5-7,12-14H2,1-4H3/b10-8+,11-9+. The highest BCUT2D eigenvalue weighted by atomic mass is 35.5. The van der Waals surface area contributed by atoms with Crippen LogP contribution in [0, 0.1) is 0 Å². The van der Waals surface area contributed by atoms with Crippen LogP contribution in [0.3, 0.4) is 0 Å². The monoisotopic (exact) mass is 329 g/mol. The molecule has 5 heteroatoms. The van der Waals surface area contributed by atoms with Gasteiger partial charge in [-0.25, -0.2) is 4.79 Å². The summed E-state index contributed by atoms with van der Waals surface area (Å²) in [6.45, 7) is 8.53. The Morgan fingerprint density at radius 2 is 1.82 bits per heavy atom. The maximum atomic E-state index is 12.3. The zero-order chi connectivity index (χ0) is 16.6. The van der Waals surface area contributed by atoms with Crippen LogP contribution >= 0.6 is 11.6 Å². The van der Waals surface area contributed by atoms with Gasteiger partial charge in [-0.05, 0) is 47.0 Å². The van der Waals surface area contributed by atoms with E-state index in [2.05, 4.69) is 6.08 Å². The number of alkyl halides is 1. The molecule has 0 aromatic rings. The fraction of sp³-hybridized carbons (Fsp3) is 0.706. The third-order valence-corrected chi connectivity index (χ3v) is 3.75. The van der Waals surface area contributed by atoms with Crippen molar-refractivity contribution in [2.24, 2.45) is 0 Å². The number of allylic oxidation sites excluding steroid dienone is 3. The number of carbonyl (C=O) groups excluding carboxylic acids is 1. The zero-order valence-electron chi connectivity index (χ0n) is 14.1. The van der Waals surface area contributed by atoms with Crippen LogP contribution in [0.1, 0.15) is 47.0 Å². The molecule has 1 fully saturated rings. The van der Waals surface area contributed by atoms with Crippen molar-refractivity contribution in [3.63, 3.8) is 0 Å². The van der Waals surface area contributed by atoms with Crippen molar-refractivity contribution >= 4 is 17.7 Å². The van der Waals surface area contributed by atoms with E-state index >= 15 is 0 Å². The van der Waals surface area contributed by atoms with E-state index in [0.717, 1.165) is 19.3 Å². The molecule has 0 atom stereocenters. The average Bonchev–Trinajstić information content (AvgIpc) is 2.65. The third kappa shape index (κ3) is 5.65. The molecule has 0 aromatic heterocycles. The number of amides is 1. The molecule has 22 heavy (non-hydrogen) atoms. The Morgan fingerprint density at radius 1 is 1.18 bits per heavy atom. The summed E-state index contributed by atoms with van der Waals surface area (Å²) in [5.74, 6) is 0.568. The van der Waals surface area contributed by atoms with Gasteiger partial charge in [0.2, 0.25) is 0 Å². The number of halogens is 1. The quantitative estimate of drug-likeness (QED) is 0.392. The van der Waals surface area contributed by atoms with Crippen molar-refractivity contribution in [3.05, 3.63) is 24.3 Å². The summed E-state index contributed by atoms with van der Waals surface area (Å²) < 4.78 is 11.0. The smallest absolute Gasteiger partial charge is 0.412 e. The minimum Gasteiger partial charge on any atom is -0.445 e. The highest BCUT2D eigenvalue weighted by Crippen LogP contribution is 2.34. The van der Waals surface area contributed by atoms with E-state index in [0.29, 0.717) is 19.1 Å². The molecule has 0 saturated carbocycles. The molecule has 1 saturated heterocycles. The van der Waals surface area contributed by atoms with Crippen LogP contribution in [0.5, 0.6) is 0 Å². The highest BCUT2D eigenvalue weighted by Gasteiger charge is 2.49. The van der Waals surface area contributed by atoms with Crippen LogP contribution < -0.4 is 0 Å². The summed E-state index contributed by atoms with van der Waals surface area (Å²) in [5.41, 5.74) is -0.974. The lowest BCUT2D eigenvalue weighted by atomic mass is 10.0. The molecule has 1 aliphatic heterocycles. The second kappa shape index (κ2) is 8.59. The topological polar surface area (TPSA) is 38.8 Å². The fourth-order valence-electron chi connectivity index (χ4n) is 2.58. The maximum absolute atomic E-state index is 12.3. The van der Waals surface area contributed by atoms with Crippen LogP contribution in [0.4, 0.5) is 4.79 Å². The molecular weight excluding hydrogens is 302 g/mol. The van der Waals surface area contributed by atoms with E-state index in [1.165, 1.54) is 0 Å². The SMILES string of the molecule is CC1(C)COC(C)(C)N1C(=O)OC/C=C/CCC/C=C/CCl. The second-order valence-corrected chi connectivity index (χ2v) is 6.80. The normalized spacial score (nSPS) is 20.1. The van der Waals surface area contributed by atoms with Gasteiger partial charge in [-0.1, -0.05) is 24.3 Å². The summed E-state index contributed by atoms with van der Waals surface area (Å²) in [6, 6.07) is 0.